The van der Waals surface area contributed by atoms with Crippen LogP contribution in [0.1, 0.15) is 39.3 Å². The summed E-state index contributed by atoms with van der Waals surface area (Å²) in [5.74, 6) is 0.687. The van der Waals surface area contributed by atoms with E-state index in [0.29, 0.717) is 12.0 Å². The minimum absolute atomic E-state index is 0.633. The lowest BCUT2D eigenvalue weighted by molar-refractivity contribution is 0.139. The number of hydrogen-bond acceptors (Lipinski definition) is 4. The van der Waals surface area contributed by atoms with Crippen molar-refractivity contribution in [3.8, 4) is 11.4 Å². The predicted octanol–water partition coefficient (Wildman–Crippen LogP) is 3.02. The van der Waals surface area contributed by atoms with E-state index in [9.17, 15) is 0 Å². The third-order valence-electron chi connectivity index (χ3n) is 4.74. The Bertz CT molecular complexity index is 634. The van der Waals surface area contributed by atoms with Crippen LogP contribution in [0.4, 0.5) is 0 Å². The SMILES string of the molecule is CCn1nccc1-c1cncc(C[C@@H]2CCCN(C(C)C)C2)n1. The maximum Gasteiger partial charge on any atom is 0.107 e. The van der Waals surface area contributed by atoms with Crippen molar-refractivity contribution < 1.29 is 0 Å². The fraction of sp³-hybridized carbons (Fsp3) is 0.611. The first-order valence-electron chi connectivity index (χ1n) is 8.74. The van der Waals surface area contributed by atoms with Gasteiger partial charge in [-0.2, -0.15) is 5.10 Å². The second kappa shape index (κ2) is 7.21. The number of likely N-dealkylation sites (tertiary alicyclic amines) is 1. The molecule has 3 rings (SSSR count). The molecule has 0 aromatic carbocycles. The van der Waals surface area contributed by atoms with Crippen LogP contribution in [-0.4, -0.2) is 43.8 Å². The minimum Gasteiger partial charge on any atom is -0.301 e. The zero-order valence-corrected chi connectivity index (χ0v) is 14.4. The van der Waals surface area contributed by atoms with Gasteiger partial charge in [-0.15, -0.1) is 0 Å². The molecule has 2 aromatic rings. The molecule has 0 unspecified atom stereocenters. The third kappa shape index (κ3) is 3.78. The summed E-state index contributed by atoms with van der Waals surface area (Å²) in [5.41, 5.74) is 3.08. The molecule has 5 nitrogen and oxygen atoms in total. The van der Waals surface area contributed by atoms with E-state index in [4.69, 9.17) is 4.98 Å². The van der Waals surface area contributed by atoms with Gasteiger partial charge in [-0.05, 0) is 58.6 Å². The third-order valence-corrected chi connectivity index (χ3v) is 4.74. The van der Waals surface area contributed by atoms with Crippen LogP contribution in [0.3, 0.4) is 0 Å². The van der Waals surface area contributed by atoms with Crippen LogP contribution in [-0.2, 0) is 13.0 Å². The second-order valence-corrected chi connectivity index (χ2v) is 6.73. The molecule has 0 saturated carbocycles. The highest BCUT2D eigenvalue weighted by Crippen LogP contribution is 2.23. The van der Waals surface area contributed by atoms with Crippen molar-refractivity contribution in [3.63, 3.8) is 0 Å². The fourth-order valence-electron chi connectivity index (χ4n) is 3.46. The maximum atomic E-state index is 4.85. The molecule has 0 aliphatic carbocycles. The molecule has 5 heteroatoms. The van der Waals surface area contributed by atoms with Crippen molar-refractivity contribution in [1.29, 1.82) is 0 Å². The highest BCUT2D eigenvalue weighted by molar-refractivity contribution is 5.52. The van der Waals surface area contributed by atoms with Crippen molar-refractivity contribution in [2.45, 2.75) is 52.6 Å². The van der Waals surface area contributed by atoms with E-state index in [2.05, 4.69) is 35.8 Å². The zero-order chi connectivity index (χ0) is 16.2. The summed E-state index contributed by atoms with van der Waals surface area (Å²) in [5, 5.41) is 4.33. The molecule has 1 atom stereocenters. The van der Waals surface area contributed by atoms with Gasteiger partial charge in [-0.25, -0.2) is 4.98 Å². The largest absolute Gasteiger partial charge is 0.301 e. The normalized spacial score (nSPS) is 19.4. The summed E-state index contributed by atoms with van der Waals surface area (Å²) in [6.45, 7) is 9.92. The molecule has 0 radical (unpaired) electrons. The lowest BCUT2D eigenvalue weighted by Gasteiger charge is -2.35. The Labute approximate surface area is 138 Å². The summed E-state index contributed by atoms with van der Waals surface area (Å²) < 4.78 is 1.97. The topological polar surface area (TPSA) is 46.8 Å². The van der Waals surface area contributed by atoms with Gasteiger partial charge < -0.3 is 4.90 Å². The first-order valence-corrected chi connectivity index (χ1v) is 8.74. The van der Waals surface area contributed by atoms with E-state index in [1.807, 2.05) is 29.3 Å². The summed E-state index contributed by atoms with van der Waals surface area (Å²) in [6.07, 6.45) is 9.19. The Balaban J connectivity index is 1.73. The first kappa shape index (κ1) is 16.1. The Morgan fingerprint density at radius 2 is 2.17 bits per heavy atom. The Morgan fingerprint density at radius 1 is 1.30 bits per heavy atom. The lowest BCUT2D eigenvalue weighted by Crippen LogP contribution is -2.40. The monoisotopic (exact) mass is 313 g/mol. The summed E-state index contributed by atoms with van der Waals surface area (Å²) in [7, 11) is 0. The highest BCUT2D eigenvalue weighted by Gasteiger charge is 2.22. The zero-order valence-electron chi connectivity index (χ0n) is 14.4. The molecule has 0 spiro atoms. The molecule has 2 aromatic heterocycles. The number of hydrogen-bond donors (Lipinski definition) is 0. The Hall–Kier alpha value is -1.75. The van der Waals surface area contributed by atoms with Crippen molar-refractivity contribution in [2.75, 3.05) is 13.1 Å². The number of rotatable bonds is 5. The van der Waals surface area contributed by atoms with Gasteiger partial charge >= 0.3 is 0 Å². The van der Waals surface area contributed by atoms with Crippen LogP contribution in [0.25, 0.3) is 11.4 Å². The maximum absolute atomic E-state index is 4.85. The van der Waals surface area contributed by atoms with Crippen molar-refractivity contribution in [2.24, 2.45) is 5.92 Å². The average Bonchev–Trinajstić information content (AvgIpc) is 3.04. The molecule has 124 valence electrons. The number of piperidine rings is 1. The van der Waals surface area contributed by atoms with Crippen LogP contribution >= 0.6 is 0 Å². The van der Waals surface area contributed by atoms with E-state index >= 15 is 0 Å². The molecule has 3 heterocycles. The van der Waals surface area contributed by atoms with Crippen LogP contribution in [0, 0.1) is 5.92 Å². The molecule has 0 bridgehead atoms. The molecule has 1 aliphatic heterocycles. The molecular formula is C18H27N5. The van der Waals surface area contributed by atoms with Crippen LogP contribution in [0.15, 0.2) is 24.7 Å². The van der Waals surface area contributed by atoms with Crippen molar-refractivity contribution in [3.05, 3.63) is 30.4 Å². The molecule has 1 saturated heterocycles. The van der Waals surface area contributed by atoms with E-state index in [1.54, 1.807) is 0 Å². The number of aromatic nitrogens is 4. The quantitative estimate of drug-likeness (QED) is 0.851. The second-order valence-electron chi connectivity index (χ2n) is 6.73. The summed E-state index contributed by atoms with van der Waals surface area (Å²) in [6, 6.07) is 2.65. The molecule has 23 heavy (non-hydrogen) atoms. The average molecular weight is 313 g/mol. The van der Waals surface area contributed by atoms with Gasteiger partial charge in [0.1, 0.15) is 5.69 Å². The standard InChI is InChI=1S/C18H27N5/c1-4-23-18(7-8-20-23)17-12-19-11-16(21-17)10-15-6-5-9-22(13-15)14(2)3/h7-8,11-12,14-15H,4-6,9-10,13H2,1-3H3/t15-/m0/s1. The Morgan fingerprint density at radius 3 is 2.96 bits per heavy atom. The van der Waals surface area contributed by atoms with Crippen LogP contribution < -0.4 is 0 Å². The van der Waals surface area contributed by atoms with Gasteiger partial charge in [0.25, 0.3) is 0 Å². The van der Waals surface area contributed by atoms with Crippen molar-refractivity contribution >= 4 is 0 Å². The highest BCUT2D eigenvalue weighted by atomic mass is 15.3. The first-order chi connectivity index (χ1) is 11.2. The molecule has 1 fully saturated rings. The molecule has 0 amide bonds. The van der Waals surface area contributed by atoms with Crippen LogP contribution in [0.5, 0.6) is 0 Å². The fourth-order valence-corrected chi connectivity index (χ4v) is 3.46. The molecular weight excluding hydrogens is 286 g/mol. The number of aryl methyl sites for hydroxylation is 1. The van der Waals surface area contributed by atoms with Crippen LogP contribution in [0.2, 0.25) is 0 Å². The van der Waals surface area contributed by atoms with Crippen molar-refractivity contribution in [1.82, 2.24) is 24.6 Å². The van der Waals surface area contributed by atoms with Gasteiger partial charge in [0.15, 0.2) is 0 Å². The van der Waals surface area contributed by atoms with E-state index in [0.717, 1.165) is 30.0 Å². The van der Waals surface area contributed by atoms with Gasteiger partial charge in [-0.1, -0.05) is 0 Å². The van der Waals surface area contributed by atoms with E-state index < -0.39 is 0 Å². The number of nitrogens with zero attached hydrogens (tertiary/aromatic N) is 5. The van der Waals surface area contributed by atoms with Gasteiger partial charge in [-0.3, -0.25) is 9.67 Å². The molecule has 1 aliphatic rings. The summed E-state index contributed by atoms with van der Waals surface area (Å²) >= 11 is 0. The van der Waals surface area contributed by atoms with Gasteiger partial charge in [0, 0.05) is 31.5 Å². The van der Waals surface area contributed by atoms with E-state index in [-0.39, 0.29) is 0 Å². The van der Waals surface area contributed by atoms with Gasteiger partial charge in [0.2, 0.25) is 0 Å². The summed E-state index contributed by atoms with van der Waals surface area (Å²) in [4.78, 5) is 11.8. The smallest absolute Gasteiger partial charge is 0.107 e. The van der Waals surface area contributed by atoms with Gasteiger partial charge in [0.05, 0.1) is 17.6 Å². The minimum atomic E-state index is 0.633. The van der Waals surface area contributed by atoms with E-state index in [1.165, 1.54) is 25.9 Å². The Kier molecular flexibility index (Phi) is 5.06. The predicted molar refractivity (Wildman–Crippen MR) is 92.1 cm³/mol. The lowest BCUT2D eigenvalue weighted by atomic mass is 9.93. The molecule has 0 N–H and O–H groups in total.